The highest BCUT2D eigenvalue weighted by Crippen LogP contribution is 2.35. The molecule has 0 saturated carbocycles. The second-order valence-electron chi connectivity index (χ2n) is 5.65. The summed E-state index contributed by atoms with van der Waals surface area (Å²) >= 11 is 1.46. The molecule has 6 nitrogen and oxygen atoms in total. The normalized spacial score (nSPS) is 15.9. The Morgan fingerprint density at radius 1 is 1.20 bits per heavy atom. The Balaban J connectivity index is 1.70. The molecule has 3 rings (SSSR count). The lowest BCUT2D eigenvalue weighted by Crippen LogP contribution is -2.27. The van der Waals surface area contributed by atoms with E-state index >= 15 is 0 Å². The summed E-state index contributed by atoms with van der Waals surface area (Å²) in [6, 6.07) is 11.6. The Bertz CT molecular complexity index is 866. The first kappa shape index (κ1) is 17.0. The predicted molar refractivity (Wildman–Crippen MR) is 95.0 cm³/mol. The van der Waals surface area contributed by atoms with Crippen LogP contribution in [0.15, 0.2) is 47.4 Å². The second kappa shape index (κ2) is 6.98. The van der Waals surface area contributed by atoms with Crippen molar-refractivity contribution in [3.8, 4) is 0 Å². The quantitative estimate of drug-likeness (QED) is 0.783. The molecule has 1 heterocycles. The summed E-state index contributed by atoms with van der Waals surface area (Å²) in [5.41, 5.74) is 1.94. The van der Waals surface area contributed by atoms with E-state index in [9.17, 15) is 14.4 Å². The molecule has 25 heavy (non-hydrogen) atoms. The van der Waals surface area contributed by atoms with Gasteiger partial charge in [0.15, 0.2) is 0 Å². The van der Waals surface area contributed by atoms with Gasteiger partial charge in [0.05, 0.1) is 16.5 Å². The van der Waals surface area contributed by atoms with Crippen molar-refractivity contribution in [3.05, 3.63) is 59.2 Å². The summed E-state index contributed by atoms with van der Waals surface area (Å²) < 4.78 is 0. The third-order valence-corrected chi connectivity index (χ3v) is 4.98. The van der Waals surface area contributed by atoms with E-state index in [2.05, 4.69) is 10.6 Å². The Hall–Kier alpha value is -2.80. The summed E-state index contributed by atoms with van der Waals surface area (Å²) in [4.78, 5) is 36.0. The van der Waals surface area contributed by atoms with Crippen molar-refractivity contribution in [2.75, 3.05) is 5.32 Å². The molecule has 7 heteroatoms. The van der Waals surface area contributed by atoms with E-state index in [1.165, 1.54) is 23.9 Å². The highest BCUT2D eigenvalue weighted by atomic mass is 32.2. The smallest absolute Gasteiger partial charge is 0.335 e. The van der Waals surface area contributed by atoms with E-state index in [1.54, 1.807) is 24.3 Å². The molecule has 0 spiro atoms. The largest absolute Gasteiger partial charge is 0.478 e. The Labute approximate surface area is 148 Å². The monoisotopic (exact) mass is 356 g/mol. The van der Waals surface area contributed by atoms with Crippen LogP contribution in [-0.4, -0.2) is 28.1 Å². The molecule has 0 saturated heterocycles. The average Bonchev–Trinajstić information content (AvgIpc) is 2.60. The van der Waals surface area contributed by atoms with Gasteiger partial charge < -0.3 is 15.7 Å². The van der Waals surface area contributed by atoms with Crippen LogP contribution in [0.2, 0.25) is 0 Å². The first-order chi connectivity index (χ1) is 11.9. The van der Waals surface area contributed by atoms with Gasteiger partial charge in [-0.3, -0.25) is 9.59 Å². The van der Waals surface area contributed by atoms with Crippen molar-refractivity contribution in [1.82, 2.24) is 5.32 Å². The molecular weight excluding hydrogens is 340 g/mol. The summed E-state index contributed by atoms with van der Waals surface area (Å²) in [5, 5.41) is 14.4. The minimum absolute atomic E-state index is 0.0828. The van der Waals surface area contributed by atoms with Crippen molar-refractivity contribution >= 4 is 35.2 Å². The third-order valence-electron chi connectivity index (χ3n) is 3.80. The van der Waals surface area contributed by atoms with Crippen LogP contribution in [0.1, 0.15) is 33.2 Å². The first-order valence-corrected chi connectivity index (χ1v) is 8.54. The minimum Gasteiger partial charge on any atom is -0.478 e. The number of amides is 2. The number of thioether (sulfide) groups is 1. The average molecular weight is 356 g/mol. The number of carboxylic acid groups (broad SMARTS) is 1. The van der Waals surface area contributed by atoms with Crippen LogP contribution in [-0.2, 0) is 11.3 Å². The second-order valence-corrected chi connectivity index (χ2v) is 7.03. The van der Waals surface area contributed by atoms with Gasteiger partial charge in [-0.1, -0.05) is 12.1 Å². The molecule has 1 unspecified atom stereocenters. The maximum Gasteiger partial charge on any atom is 0.335 e. The topological polar surface area (TPSA) is 95.5 Å². The van der Waals surface area contributed by atoms with Crippen LogP contribution in [0.4, 0.5) is 5.69 Å². The fraction of sp³-hybridized carbons (Fsp3) is 0.167. The molecule has 1 atom stereocenters. The number of hydrogen-bond donors (Lipinski definition) is 3. The lowest BCUT2D eigenvalue weighted by Gasteiger charge is -2.21. The zero-order valence-electron chi connectivity index (χ0n) is 13.4. The van der Waals surface area contributed by atoms with Gasteiger partial charge in [0.2, 0.25) is 5.91 Å². The van der Waals surface area contributed by atoms with Crippen LogP contribution in [0.5, 0.6) is 0 Å². The molecule has 1 aliphatic rings. The predicted octanol–water partition coefficient (Wildman–Crippen LogP) is 2.75. The molecule has 0 fully saturated rings. The number of rotatable bonds is 4. The highest BCUT2D eigenvalue weighted by Gasteiger charge is 2.23. The number of carbonyl (C=O) groups excluding carboxylic acids is 2. The molecule has 1 aliphatic heterocycles. The van der Waals surface area contributed by atoms with Crippen LogP contribution in [0.25, 0.3) is 0 Å². The summed E-state index contributed by atoms with van der Waals surface area (Å²) in [7, 11) is 0. The maximum absolute atomic E-state index is 12.3. The molecule has 3 N–H and O–H groups in total. The number of aromatic carboxylic acids is 1. The minimum atomic E-state index is -1.01. The Morgan fingerprint density at radius 2 is 2.00 bits per heavy atom. The molecule has 0 aliphatic carbocycles. The maximum atomic E-state index is 12.3. The zero-order valence-corrected chi connectivity index (χ0v) is 14.2. The molecule has 128 valence electrons. The number of carboxylic acids is 1. The highest BCUT2D eigenvalue weighted by molar-refractivity contribution is 8.00. The number of hydrogen-bond acceptors (Lipinski definition) is 4. The first-order valence-electron chi connectivity index (χ1n) is 7.66. The van der Waals surface area contributed by atoms with Crippen molar-refractivity contribution < 1.29 is 19.5 Å². The molecule has 0 bridgehead atoms. The SMILES string of the molecule is CC1Sc2ccc(C(=O)NCc3cccc(C(=O)O)c3)cc2NC1=O. The molecule has 0 aromatic heterocycles. The Morgan fingerprint density at radius 3 is 2.76 bits per heavy atom. The number of fused-ring (bicyclic) bond motifs is 1. The van der Waals surface area contributed by atoms with Crippen LogP contribution >= 0.6 is 11.8 Å². The van der Waals surface area contributed by atoms with Crippen LogP contribution in [0.3, 0.4) is 0 Å². The third kappa shape index (κ3) is 3.83. The standard InChI is InChI=1S/C18H16N2O4S/c1-10-16(21)20-14-8-12(5-6-15(14)25-10)17(22)19-9-11-3-2-4-13(7-11)18(23)24/h2-8,10H,9H2,1H3,(H,19,22)(H,20,21)(H,23,24). The van der Waals surface area contributed by atoms with Crippen molar-refractivity contribution in [2.45, 2.75) is 23.6 Å². The van der Waals surface area contributed by atoms with E-state index in [0.717, 1.165) is 4.90 Å². The van der Waals surface area contributed by atoms with Gasteiger partial charge in [0, 0.05) is 17.0 Å². The van der Waals surface area contributed by atoms with E-state index in [4.69, 9.17) is 5.11 Å². The van der Waals surface area contributed by atoms with E-state index in [0.29, 0.717) is 16.8 Å². The molecule has 2 aromatic rings. The summed E-state index contributed by atoms with van der Waals surface area (Å²) in [6.45, 7) is 2.05. The van der Waals surface area contributed by atoms with E-state index < -0.39 is 5.97 Å². The molecule has 0 radical (unpaired) electrons. The lowest BCUT2D eigenvalue weighted by molar-refractivity contribution is -0.115. The number of nitrogens with one attached hydrogen (secondary N) is 2. The van der Waals surface area contributed by atoms with Crippen molar-refractivity contribution in [2.24, 2.45) is 0 Å². The van der Waals surface area contributed by atoms with Crippen LogP contribution < -0.4 is 10.6 Å². The van der Waals surface area contributed by atoms with E-state index in [1.807, 2.05) is 13.0 Å². The van der Waals surface area contributed by atoms with E-state index in [-0.39, 0.29) is 29.2 Å². The lowest BCUT2D eigenvalue weighted by atomic mass is 10.1. The fourth-order valence-electron chi connectivity index (χ4n) is 2.45. The van der Waals surface area contributed by atoms with Gasteiger partial charge in [0.25, 0.3) is 5.91 Å². The van der Waals surface area contributed by atoms with Crippen molar-refractivity contribution in [3.63, 3.8) is 0 Å². The van der Waals surface area contributed by atoms with Gasteiger partial charge in [0.1, 0.15) is 0 Å². The number of benzene rings is 2. The summed E-state index contributed by atoms with van der Waals surface area (Å²) in [6.07, 6.45) is 0. The van der Waals surface area contributed by atoms with Gasteiger partial charge in [-0.15, -0.1) is 11.8 Å². The molecule has 2 aromatic carbocycles. The number of anilines is 1. The molecular formula is C18H16N2O4S. The molecule has 2 amide bonds. The number of carbonyl (C=O) groups is 3. The summed E-state index contributed by atoms with van der Waals surface area (Å²) in [5.74, 6) is -1.38. The van der Waals surface area contributed by atoms with Gasteiger partial charge in [-0.25, -0.2) is 4.79 Å². The zero-order chi connectivity index (χ0) is 18.0. The van der Waals surface area contributed by atoms with Gasteiger partial charge >= 0.3 is 5.97 Å². The van der Waals surface area contributed by atoms with Crippen molar-refractivity contribution in [1.29, 1.82) is 0 Å². The fourth-order valence-corrected chi connectivity index (χ4v) is 3.38. The van der Waals surface area contributed by atoms with Crippen LogP contribution in [0, 0.1) is 0 Å². The Kier molecular flexibility index (Phi) is 4.76. The van der Waals surface area contributed by atoms with Gasteiger partial charge in [-0.05, 0) is 42.8 Å². The van der Waals surface area contributed by atoms with Gasteiger partial charge in [-0.2, -0.15) is 0 Å².